The van der Waals surface area contributed by atoms with E-state index in [0.717, 1.165) is 22.0 Å². The summed E-state index contributed by atoms with van der Waals surface area (Å²) in [4.78, 5) is 9.11. The minimum Gasteiger partial charge on any atom is -0.507 e. The number of aromatic hydroxyl groups is 1. The number of aromatic nitrogens is 1. The van der Waals surface area contributed by atoms with Crippen molar-refractivity contribution in [1.29, 1.82) is 0 Å². The Kier molecular flexibility index (Phi) is 4.26. The van der Waals surface area contributed by atoms with Gasteiger partial charge in [0.15, 0.2) is 5.58 Å². The summed E-state index contributed by atoms with van der Waals surface area (Å²) in [5, 5.41) is 12.5. The first-order valence-corrected chi connectivity index (χ1v) is 9.47. The molecule has 0 aliphatic rings. The summed E-state index contributed by atoms with van der Waals surface area (Å²) >= 11 is 6.33. The number of benzene rings is 4. The molecular weight excluding hydrogens is 384 g/mol. The van der Waals surface area contributed by atoms with Crippen LogP contribution in [-0.4, -0.2) is 16.3 Å². The van der Waals surface area contributed by atoms with E-state index in [1.807, 2.05) is 60.7 Å². The normalized spacial score (nSPS) is 11.6. The minimum atomic E-state index is 0.190. The molecule has 29 heavy (non-hydrogen) atoms. The summed E-state index contributed by atoms with van der Waals surface area (Å²) in [7, 11) is 0. The Labute approximate surface area is 171 Å². The van der Waals surface area contributed by atoms with Crippen molar-refractivity contribution in [3.05, 3.63) is 89.4 Å². The predicted octanol–water partition coefficient (Wildman–Crippen LogP) is 6.76. The number of oxazole rings is 1. The van der Waals surface area contributed by atoms with Crippen molar-refractivity contribution in [3.8, 4) is 17.2 Å². The van der Waals surface area contributed by atoms with Crippen LogP contribution in [0.15, 0.2) is 88.3 Å². The minimum absolute atomic E-state index is 0.190. The molecule has 0 atom stereocenters. The molecule has 1 N–H and O–H groups in total. The molecule has 0 aliphatic heterocycles. The topological polar surface area (TPSA) is 58.6 Å². The number of phenolic OH excluding ortho intramolecular Hbond substituents is 1. The summed E-state index contributed by atoms with van der Waals surface area (Å²) in [6.45, 7) is 0. The summed E-state index contributed by atoms with van der Waals surface area (Å²) in [6.07, 6.45) is 1.63. The van der Waals surface area contributed by atoms with Gasteiger partial charge in [0, 0.05) is 27.8 Å². The van der Waals surface area contributed by atoms with Crippen LogP contribution < -0.4 is 0 Å². The number of aliphatic imine (C=N–C) groups is 1. The average Bonchev–Trinajstić information content (AvgIpc) is 3.16. The summed E-state index contributed by atoms with van der Waals surface area (Å²) in [6, 6.07) is 24.3. The van der Waals surface area contributed by atoms with Crippen LogP contribution in [0.25, 0.3) is 33.3 Å². The van der Waals surface area contributed by atoms with Gasteiger partial charge in [-0.15, -0.1) is 0 Å². The lowest BCUT2D eigenvalue weighted by atomic mass is 10.0. The molecule has 0 saturated heterocycles. The molecule has 0 amide bonds. The van der Waals surface area contributed by atoms with Crippen molar-refractivity contribution in [2.45, 2.75) is 0 Å². The van der Waals surface area contributed by atoms with Crippen LogP contribution in [0, 0.1) is 0 Å². The number of para-hydroxylation sites is 1. The Balaban J connectivity index is 1.56. The van der Waals surface area contributed by atoms with Crippen LogP contribution in [0.4, 0.5) is 5.69 Å². The SMILES string of the molecule is Oc1ccccc1C=Nc1ccc2oc(-c3cccc4c(Cl)cccc34)nc2c1. The van der Waals surface area contributed by atoms with Gasteiger partial charge in [0.2, 0.25) is 5.89 Å². The van der Waals surface area contributed by atoms with Crippen LogP contribution in [0.2, 0.25) is 5.02 Å². The molecule has 4 aromatic carbocycles. The standard InChI is InChI=1S/C24H15ClN2O2/c25-20-9-4-6-17-18(20)7-3-8-19(17)24-27-21-13-16(11-12-23(21)29-24)26-14-15-5-1-2-10-22(15)28/h1-14,28H. The van der Waals surface area contributed by atoms with E-state index in [9.17, 15) is 5.11 Å². The molecule has 1 heterocycles. The molecule has 4 nitrogen and oxygen atoms in total. The van der Waals surface area contributed by atoms with Crippen molar-refractivity contribution >= 4 is 45.4 Å². The van der Waals surface area contributed by atoms with Gasteiger partial charge in [-0.25, -0.2) is 4.98 Å². The van der Waals surface area contributed by atoms with Crippen LogP contribution >= 0.6 is 11.6 Å². The predicted molar refractivity (Wildman–Crippen MR) is 117 cm³/mol. The maximum atomic E-state index is 9.87. The van der Waals surface area contributed by atoms with Gasteiger partial charge in [0.05, 0.1) is 5.69 Å². The third kappa shape index (κ3) is 3.24. The molecule has 1 aromatic heterocycles. The quantitative estimate of drug-likeness (QED) is 0.341. The van der Waals surface area contributed by atoms with Crippen LogP contribution in [-0.2, 0) is 0 Å². The van der Waals surface area contributed by atoms with Crippen molar-refractivity contribution in [2.75, 3.05) is 0 Å². The molecule has 0 bridgehead atoms. The van der Waals surface area contributed by atoms with Gasteiger partial charge in [0.1, 0.15) is 11.3 Å². The molecule has 5 rings (SSSR count). The Morgan fingerprint density at radius 1 is 0.897 bits per heavy atom. The van der Waals surface area contributed by atoms with E-state index in [1.54, 1.807) is 24.4 Å². The fraction of sp³-hybridized carbons (Fsp3) is 0. The van der Waals surface area contributed by atoms with Gasteiger partial charge in [0.25, 0.3) is 0 Å². The molecule has 140 valence electrons. The van der Waals surface area contributed by atoms with Gasteiger partial charge in [-0.1, -0.05) is 48.0 Å². The molecule has 0 fully saturated rings. The van der Waals surface area contributed by atoms with Gasteiger partial charge in [-0.2, -0.15) is 0 Å². The molecule has 0 radical (unpaired) electrons. The van der Waals surface area contributed by atoms with Gasteiger partial charge in [-0.3, -0.25) is 4.99 Å². The second-order valence-corrected chi connectivity index (χ2v) is 7.04. The van der Waals surface area contributed by atoms with Crippen molar-refractivity contribution in [2.24, 2.45) is 4.99 Å². The lowest BCUT2D eigenvalue weighted by Crippen LogP contribution is -1.82. The van der Waals surface area contributed by atoms with E-state index in [2.05, 4.69) is 9.98 Å². The Morgan fingerprint density at radius 2 is 1.72 bits per heavy atom. The smallest absolute Gasteiger partial charge is 0.227 e. The molecule has 5 heteroatoms. The summed E-state index contributed by atoms with van der Waals surface area (Å²) in [5.41, 5.74) is 3.66. The zero-order valence-electron chi connectivity index (χ0n) is 15.2. The summed E-state index contributed by atoms with van der Waals surface area (Å²) < 4.78 is 5.99. The molecular formula is C24H15ClN2O2. The first-order chi connectivity index (χ1) is 14.2. The van der Waals surface area contributed by atoms with Crippen LogP contribution in [0.5, 0.6) is 5.75 Å². The summed E-state index contributed by atoms with van der Waals surface area (Å²) in [5.74, 6) is 0.727. The maximum Gasteiger partial charge on any atom is 0.227 e. The van der Waals surface area contributed by atoms with Gasteiger partial charge >= 0.3 is 0 Å². The largest absolute Gasteiger partial charge is 0.507 e. The van der Waals surface area contributed by atoms with E-state index in [0.29, 0.717) is 27.6 Å². The molecule has 0 saturated carbocycles. The third-order valence-electron chi connectivity index (χ3n) is 4.76. The number of phenols is 1. The van der Waals surface area contributed by atoms with Crippen LogP contribution in [0.3, 0.4) is 0 Å². The van der Waals surface area contributed by atoms with E-state index in [4.69, 9.17) is 16.0 Å². The Morgan fingerprint density at radius 3 is 2.62 bits per heavy atom. The first-order valence-electron chi connectivity index (χ1n) is 9.09. The number of fused-ring (bicyclic) bond motifs is 2. The number of hydrogen-bond acceptors (Lipinski definition) is 4. The second-order valence-electron chi connectivity index (χ2n) is 6.63. The average molecular weight is 399 g/mol. The molecule has 0 spiro atoms. The molecule has 0 unspecified atom stereocenters. The Bertz CT molecular complexity index is 1390. The van der Waals surface area contributed by atoms with Gasteiger partial charge in [-0.05, 0) is 47.9 Å². The highest BCUT2D eigenvalue weighted by Crippen LogP contribution is 2.34. The van der Waals surface area contributed by atoms with Crippen molar-refractivity contribution in [1.82, 2.24) is 4.98 Å². The fourth-order valence-electron chi connectivity index (χ4n) is 3.31. The van der Waals surface area contributed by atoms with Crippen molar-refractivity contribution in [3.63, 3.8) is 0 Å². The van der Waals surface area contributed by atoms with E-state index >= 15 is 0 Å². The third-order valence-corrected chi connectivity index (χ3v) is 5.09. The van der Waals surface area contributed by atoms with E-state index in [-0.39, 0.29) is 5.75 Å². The zero-order chi connectivity index (χ0) is 19.8. The number of hydrogen-bond donors (Lipinski definition) is 1. The lowest BCUT2D eigenvalue weighted by molar-refractivity contribution is 0.474. The van der Waals surface area contributed by atoms with E-state index in [1.165, 1.54) is 0 Å². The maximum absolute atomic E-state index is 9.87. The second kappa shape index (κ2) is 7.08. The number of halogens is 1. The lowest BCUT2D eigenvalue weighted by Gasteiger charge is -2.04. The zero-order valence-corrected chi connectivity index (χ0v) is 16.0. The van der Waals surface area contributed by atoms with Crippen LogP contribution in [0.1, 0.15) is 5.56 Å². The Hall–Kier alpha value is -3.63. The van der Waals surface area contributed by atoms with Crippen molar-refractivity contribution < 1.29 is 9.52 Å². The van der Waals surface area contributed by atoms with E-state index < -0.39 is 0 Å². The number of rotatable bonds is 3. The first kappa shape index (κ1) is 17.5. The fourth-order valence-corrected chi connectivity index (χ4v) is 3.55. The molecule has 5 aromatic rings. The molecule has 0 aliphatic carbocycles. The number of nitrogens with zero attached hydrogens (tertiary/aromatic N) is 2. The highest BCUT2D eigenvalue weighted by atomic mass is 35.5. The van der Waals surface area contributed by atoms with Gasteiger partial charge < -0.3 is 9.52 Å². The highest BCUT2D eigenvalue weighted by molar-refractivity contribution is 6.35. The highest BCUT2D eigenvalue weighted by Gasteiger charge is 2.12. The monoisotopic (exact) mass is 398 g/mol.